The summed E-state index contributed by atoms with van der Waals surface area (Å²) in [5.41, 5.74) is 3.69. The minimum Gasteiger partial charge on any atom is -0.385 e. The molecule has 1 aromatic carbocycles. The number of carbonyl (C=O) groups excluding carboxylic acids is 1. The van der Waals surface area contributed by atoms with Crippen LogP contribution in [0.5, 0.6) is 0 Å². The van der Waals surface area contributed by atoms with Gasteiger partial charge in [-0.25, -0.2) is 4.98 Å². The molecule has 4 nitrogen and oxygen atoms in total. The Kier molecular flexibility index (Phi) is 6.75. The summed E-state index contributed by atoms with van der Waals surface area (Å²) in [6, 6.07) is 8.75. The maximum atomic E-state index is 12.7. The number of hydrogen-bond donors (Lipinski definition) is 1. The van der Waals surface area contributed by atoms with Gasteiger partial charge in [0, 0.05) is 54.5 Å². The number of thiophene rings is 1. The van der Waals surface area contributed by atoms with Crippen molar-refractivity contribution in [2.75, 3.05) is 13.7 Å². The van der Waals surface area contributed by atoms with E-state index in [0.717, 1.165) is 49.4 Å². The third kappa shape index (κ3) is 4.77. The summed E-state index contributed by atoms with van der Waals surface area (Å²) < 4.78 is 6.30. The van der Waals surface area contributed by atoms with Crippen LogP contribution in [0.25, 0.3) is 20.8 Å². The number of methoxy groups -OCH3 is 1. The third-order valence-corrected chi connectivity index (χ3v) is 7.74. The number of rotatable bonds is 9. The molecule has 6 heteroatoms. The van der Waals surface area contributed by atoms with Gasteiger partial charge in [-0.3, -0.25) is 4.79 Å². The Hall–Kier alpha value is -1.60. The molecule has 0 bridgehead atoms. The van der Waals surface area contributed by atoms with E-state index in [1.54, 1.807) is 18.4 Å². The Balaban J connectivity index is 1.59. The number of unbranched alkanes of at least 4 members (excludes halogenated alkanes) is 2. The van der Waals surface area contributed by atoms with Gasteiger partial charge in [-0.05, 0) is 43.9 Å². The average Bonchev–Trinajstić information content (AvgIpc) is 3.27. The molecule has 154 valence electrons. The number of thiazole rings is 1. The molecule has 1 atom stereocenters. The number of nitrogens with one attached hydrogen (secondary N) is 1. The first-order valence-electron chi connectivity index (χ1n) is 10.4. The lowest BCUT2D eigenvalue weighted by Crippen LogP contribution is -2.32. The predicted octanol–water partition coefficient (Wildman–Crippen LogP) is 5.38. The van der Waals surface area contributed by atoms with Crippen molar-refractivity contribution in [1.82, 2.24) is 10.3 Å². The van der Waals surface area contributed by atoms with E-state index >= 15 is 0 Å². The van der Waals surface area contributed by atoms with Crippen molar-refractivity contribution < 1.29 is 9.53 Å². The summed E-state index contributed by atoms with van der Waals surface area (Å²) in [6.45, 7) is 3.90. The van der Waals surface area contributed by atoms with Crippen LogP contribution in [0.2, 0.25) is 0 Å². The first-order valence-corrected chi connectivity index (χ1v) is 12.0. The van der Waals surface area contributed by atoms with Crippen LogP contribution in [0.4, 0.5) is 0 Å². The number of ketones is 1. The molecule has 0 amide bonds. The summed E-state index contributed by atoms with van der Waals surface area (Å²) in [4.78, 5) is 20.2. The first kappa shape index (κ1) is 20.7. The van der Waals surface area contributed by atoms with E-state index in [9.17, 15) is 4.79 Å². The van der Waals surface area contributed by atoms with Gasteiger partial charge in [-0.2, -0.15) is 0 Å². The van der Waals surface area contributed by atoms with Crippen molar-refractivity contribution in [2.45, 2.75) is 58.0 Å². The maximum Gasteiger partial charge on any atom is 0.138 e. The summed E-state index contributed by atoms with van der Waals surface area (Å²) in [6.07, 6.45) is 5.21. The first-order chi connectivity index (χ1) is 14.2. The van der Waals surface area contributed by atoms with Gasteiger partial charge in [0.1, 0.15) is 10.8 Å². The lowest BCUT2D eigenvalue weighted by molar-refractivity contribution is -0.118. The van der Waals surface area contributed by atoms with Crippen molar-refractivity contribution >= 4 is 38.7 Å². The van der Waals surface area contributed by atoms with Crippen LogP contribution in [0.3, 0.4) is 0 Å². The molecule has 4 rings (SSSR count). The standard InChI is InChI=1S/C23H28N2O2S2/c1-15-12-17-21(14-24-15)28-20(13-16(26)8-4-3-7-11-27-2)22(17)23-25-18-9-5-6-10-19(18)29-23/h5-6,9-10,15,24H,3-4,7-8,11-14H2,1-2H3. The van der Waals surface area contributed by atoms with E-state index in [4.69, 9.17) is 9.72 Å². The van der Waals surface area contributed by atoms with E-state index in [2.05, 4.69) is 30.4 Å². The molecule has 1 N–H and O–H groups in total. The second-order valence-electron chi connectivity index (χ2n) is 7.79. The van der Waals surface area contributed by atoms with Gasteiger partial charge in [0.15, 0.2) is 0 Å². The molecule has 1 unspecified atom stereocenters. The second-order valence-corrected chi connectivity index (χ2v) is 10.0. The monoisotopic (exact) mass is 428 g/mol. The predicted molar refractivity (Wildman–Crippen MR) is 122 cm³/mol. The summed E-state index contributed by atoms with van der Waals surface area (Å²) in [5.74, 6) is 0.337. The van der Waals surface area contributed by atoms with E-state index in [0.29, 0.717) is 24.7 Å². The van der Waals surface area contributed by atoms with E-state index in [-0.39, 0.29) is 0 Å². The van der Waals surface area contributed by atoms with Crippen LogP contribution in [-0.2, 0) is 28.9 Å². The number of ether oxygens (including phenoxy) is 1. The van der Waals surface area contributed by atoms with Crippen LogP contribution in [-0.4, -0.2) is 30.5 Å². The molecular formula is C23H28N2O2S2. The van der Waals surface area contributed by atoms with E-state index in [1.165, 1.54) is 25.6 Å². The molecule has 1 aliphatic rings. The largest absolute Gasteiger partial charge is 0.385 e. The number of aromatic nitrogens is 1. The Morgan fingerprint density at radius 2 is 2.10 bits per heavy atom. The van der Waals surface area contributed by atoms with Gasteiger partial charge >= 0.3 is 0 Å². The molecule has 0 radical (unpaired) electrons. The van der Waals surface area contributed by atoms with Gasteiger partial charge < -0.3 is 10.1 Å². The number of nitrogens with zero attached hydrogens (tertiary/aromatic N) is 1. The van der Waals surface area contributed by atoms with Crippen LogP contribution in [0.1, 0.15) is 47.9 Å². The van der Waals surface area contributed by atoms with Crippen molar-refractivity contribution in [1.29, 1.82) is 0 Å². The fraction of sp³-hybridized carbons (Fsp3) is 0.478. The van der Waals surface area contributed by atoms with Crippen LogP contribution >= 0.6 is 22.7 Å². The highest BCUT2D eigenvalue weighted by Crippen LogP contribution is 2.42. The minimum atomic E-state index is 0.337. The highest BCUT2D eigenvalue weighted by Gasteiger charge is 2.27. The lowest BCUT2D eigenvalue weighted by Gasteiger charge is -2.20. The average molecular weight is 429 g/mol. The molecule has 0 saturated heterocycles. The van der Waals surface area contributed by atoms with E-state index in [1.807, 2.05) is 17.4 Å². The van der Waals surface area contributed by atoms with Crippen LogP contribution in [0.15, 0.2) is 24.3 Å². The molecule has 2 aromatic heterocycles. The summed E-state index contributed by atoms with van der Waals surface area (Å²) >= 11 is 3.55. The molecule has 1 aliphatic heterocycles. The number of benzene rings is 1. The zero-order chi connectivity index (χ0) is 20.2. The molecule has 0 aliphatic carbocycles. The Labute approximate surface area is 180 Å². The number of Topliss-reactive ketones (excluding diaryl/α,β-unsaturated/α-hetero) is 1. The number of carbonyl (C=O) groups is 1. The molecule has 3 heterocycles. The second kappa shape index (κ2) is 9.47. The quantitative estimate of drug-likeness (QED) is 0.465. The van der Waals surface area contributed by atoms with Gasteiger partial charge in [0.25, 0.3) is 0 Å². The highest BCUT2D eigenvalue weighted by molar-refractivity contribution is 7.22. The number of para-hydroxylation sites is 1. The van der Waals surface area contributed by atoms with Gasteiger partial charge in [-0.15, -0.1) is 22.7 Å². The Morgan fingerprint density at radius 1 is 1.24 bits per heavy atom. The zero-order valence-electron chi connectivity index (χ0n) is 17.1. The summed E-state index contributed by atoms with van der Waals surface area (Å²) in [5, 5.41) is 4.63. The fourth-order valence-corrected chi connectivity index (χ4v) is 6.38. The molecule has 0 saturated carbocycles. The van der Waals surface area contributed by atoms with Crippen molar-refractivity contribution in [2.24, 2.45) is 0 Å². The SMILES string of the molecule is COCCCCCC(=O)Cc1sc2c(c1-c1nc3ccccc3s1)CC(C)NC2. The summed E-state index contributed by atoms with van der Waals surface area (Å²) in [7, 11) is 1.73. The van der Waals surface area contributed by atoms with Crippen molar-refractivity contribution in [3.8, 4) is 10.6 Å². The molecular weight excluding hydrogens is 400 g/mol. The maximum absolute atomic E-state index is 12.7. The topological polar surface area (TPSA) is 51.2 Å². The van der Waals surface area contributed by atoms with Crippen molar-refractivity contribution in [3.63, 3.8) is 0 Å². The normalized spacial score (nSPS) is 16.3. The zero-order valence-corrected chi connectivity index (χ0v) is 18.8. The molecule has 0 spiro atoms. The smallest absolute Gasteiger partial charge is 0.138 e. The fourth-order valence-electron chi connectivity index (χ4n) is 3.94. The van der Waals surface area contributed by atoms with Crippen LogP contribution < -0.4 is 5.32 Å². The third-order valence-electron chi connectivity index (χ3n) is 5.45. The van der Waals surface area contributed by atoms with Gasteiger partial charge in [0.2, 0.25) is 0 Å². The molecule has 0 fully saturated rings. The Bertz CT molecular complexity index is 959. The van der Waals surface area contributed by atoms with Crippen molar-refractivity contribution in [3.05, 3.63) is 39.6 Å². The molecule has 29 heavy (non-hydrogen) atoms. The number of fused-ring (bicyclic) bond motifs is 2. The number of hydrogen-bond acceptors (Lipinski definition) is 6. The van der Waals surface area contributed by atoms with Crippen LogP contribution in [0, 0.1) is 0 Å². The van der Waals surface area contributed by atoms with Gasteiger partial charge in [-0.1, -0.05) is 18.6 Å². The van der Waals surface area contributed by atoms with E-state index < -0.39 is 0 Å². The molecule has 3 aromatic rings. The minimum absolute atomic E-state index is 0.337. The lowest BCUT2D eigenvalue weighted by atomic mass is 9.97. The Morgan fingerprint density at radius 3 is 2.93 bits per heavy atom. The van der Waals surface area contributed by atoms with Gasteiger partial charge in [0.05, 0.1) is 10.2 Å². The highest BCUT2D eigenvalue weighted by atomic mass is 32.1.